The van der Waals surface area contributed by atoms with Gasteiger partial charge in [-0.1, -0.05) is 0 Å². The summed E-state index contributed by atoms with van der Waals surface area (Å²) in [6, 6.07) is 10.1. The molecule has 2 N–H and O–H groups in total. The average Bonchev–Trinajstić information content (AvgIpc) is 2.88. The van der Waals surface area contributed by atoms with Crippen LogP contribution in [0.4, 0.5) is 5.69 Å². The van der Waals surface area contributed by atoms with Gasteiger partial charge in [0.25, 0.3) is 5.91 Å². The van der Waals surface area contributed by atoms with Gasteiger partial charge in [-0.2, -0.15) is 0 Å². The molecule has 18 heavy (non-hydrogen) atoms. The lowest BCUT2D eigenvalue weighted by atomic mass is 10.3. The Balaban J connectivity index is 2.08. The van der Waals surface area contributed by atoms with Crippen LogP contribution in [0.15, 0.2) is 36.4 Å². The summed E-state index contributed by atoms with van der Waals surface area (Å²) in [7, 11) is 1.58. The van der Waals surface area contributed by atoms with Crippen molar-refractivity contribution in [3.8, 4) is 5.75 Å². The van der Waals surface area contributed by atoms with Gasteiger partial charge in [0.2, 0.25) is 0 Å². The predicted molar refractivity (Wildman–Crippen MR) is 67.1 cm³/mol. The number of aromatic amines is 1. The van der Waals surface area contributed by atoms with Crippen molar-refractivity contribution in [2.45, 2.75) is 0 Å². The number of H-pyrrole nitrogens is 1. The van der Waals surface area contributed by atoms with Crippen LogP contribution in [-0.4, -0.2) is 24.3 Å². The highest BCUT2D eigenvalue weighted by molar-refractivity contribution is 6.03. The Morgan fingerprint density at radius 1 is 1.22 bits per heavy atom. The largest absolute Gasteiger partial charge is 0.497 e. The molecule has 1 aromatic heterocycles. The van der Waals surface area contributed by atoms with Gasteiger partial charge in [0.15, 0.2) is 6.29 Å². The zero-order chi connectivity index (χ0) is 13.0. The molecule has 0 saturated heterocycles. The molecule has 1 amide bonds. The van der Waals surface area contributed by atoms with E-state index in [0.29, 0.717) is 23.4 Å². The third-order valence-corrected chi connectivity index (χ3v) is 2.43. The quantitative estimate of drug-likeness (QED) is 0.809. The van der Waals surface area contributed by atoms with Crippen molar-refractivity contribution in [3.05, 3.63) is 47.8 Å². The second-order valence-electron chi connectivity index (χ2n) is 3.63. The molecule has 0 aliphatic carbocycles. The first-order chi connectivity index (χ1) is 8.72. The van der Waals surface area contributed by atoms with Crippen LogP contribution in [0.3, 0.4) is 0 Å². The summed E-state index contributed by atoms with van der Waals surface area (Å²) in [4.78, 5) is 25.0. The fraction of sp³-hybridized carbons (Fsp3) is 0.0769. The number of aldehydes is 1. The van der Waals surface area contributed by atoms with Crippen LogP contribution in [0.5, 0.6) is 5.75 Å². The molecule has 0 aliphatic heterocycles. The maximum Gasteiger partial charge on any atom is 0.272 e. The number of amides is 1. The molecular weight excluding hydrogens is 232 g/mol. The molecule has 5 nitrogen and oxygen atoms in total. The van der Waals surface area contributed by atoms with Crippen LogP contribution in [0.2, 0.25) is 0 Å². The Morgan fingerprint density at radius 2 is 1.94 bits per heavy atom. The highest BCUT2D eigenvalue weighted by Gasteiger charge is 2.08. The fourth-order valence-electron chi connectivity index (χ4n) is 1.49. The maximum atomic E-state index is 11.8. The molecule has 1 heterocycles. The minimum Gasteiger partial charge on any atom is -0.497 e. The Kier molecular flexibility index (Phi) is 3.43. The van der Waals surface area contributed by atoms with Gasteiger partial charge >= 0.3 is 0 Å². The number of aromatic nitrogens is 1. The number of carbonyl (C=O) groups excluding carboxylic acids is 2. The van der Waals surface area contributed by atoms with E-state index in [1.807, 2.05) is 0 Å². The molecule has 2 aromatic rings. The van der Waals surface area contributed by atoms with Crippen LogP contribution < -0.4 is 10.1 Å². The van der Waals surface area contributed by atoms with E-state index >= 15 is 0 Å². The normalized spacial score (nSPS) is 9.83. The number of hydrogen-bond donors (Lipinski definition) is 2. The highest BCUT2D eigenvalue weighted by atomic mass is 16.5. The van der Waals surface area contributed by atoms with Gasteiger partial charge in [0.1, 0.15) is 11.4 Å². The van der Waals surface area contributed by atoms with Gasteiger partial charge in [0.05, 0.1) is 12.8 Å². The van der Waals surface area contributed by atoms with Gasteiger partial charge in [-0.15, -0.1) is 0 Å². The maximum absolute atomic E-state index is 11.8. The third kappa shape index (κ3) is 2.57. The van der Waals surface area contributed by atoms with Gasteiger partial charge in [-0.25, -0.2) is 0 Å². The summed E-state index contributed by atoms with van der Waals surface area (Å²) in [6.45, 7) is 0. The van der Waals surface area contributed by atoms with Crippen molar-refractivity contribution in [2.24, 2.45) is 0 Å². The molecule has 0 fully saturated rings. The van der Waals surface area contributed by atoms with E-state index in [4.69, 9.17) is 4.74 Å². The van der Waals surface area contributed by atoms with E-state index in [9.17, 15) is 9.59 Å². The Hall–Kier alpha value is -2.56. The van der Waals surface area contributed by atoms with E-state index in [2.05, 4.69) is 10.3 Å². The number of rotatable bonds is 4. The lowest BCUT2D eigenvalue weighted by Gasteiger charge is -2.04. The van der Waals surface area contributed by atoms with Crippen LogP contribution in [-0.2, 0) is 0 Å². The lowest BCUT2D eigenvalue weighted by molar-refractivity contribution is 0.102. The van der Waals surface area contributed by atoms with Crippen molar-refractivity contribution in [1.82, 2.24) is 4.98 Å². The number of nitrogens with one attached hydrogen (secondary N) is 2. The molecule has 2 rings (SSSR count). The zero-order valence-corrected chi connectivity index (χ0v) is 9.77. The van der Waals surface area contributed by atoms with Gasteiger partial charge in [0, 0.05) is 5.69 Å². The fourth-order valence-corrected chi connectivity index (χ4v) is 1.49. The first-order valence-electron chi connectivity index (χ1n) is 5.32. The number of ether oxygens (including phenoxy) is 1. The van der Waals surface area contributed by atoms with Crippen LogP contribution in [0.1, 0.15) is 21.0 Å². The number of benzene rings is 1. The Bertz CT molecular complexity index is 558. The van der Waals surface area contributed by atoms with Gasteiger partial charge in [-0.3, -0.25) is 9.59 Å². The van der Waals surface area contributed by atoms with E-state index in [0.717, 1.165) is 5.75 Å². The first-order valence-corrected chi connectivity index (χ1v) is 5.32. The summed E-state index contributed by atoms with van der Waals surface area (Å²) in [5.74, 6) is 0.421. The lowest BCUT2D eigenvalue weighted by Crippen LogP contribution is -2.12. The SMILES string of the molecule is COc1ccc(NC(=O)c2ccc(C=O)[nH]2)cc1. The Morgan fingerprint density at radius 3 is 2.50 bits per heavy atom. The van der Waals surface area contributed by atoms with Crippen molar-refractivity contribution in [3.63, 3.8) is 0 Å². The van der Waals surface area contributed by atoms with Crippen LogP contribution >= 0.6 is 0 Å². The van der Waals surface area contributed by atoms with Gasteiger partial charge < -0.3 is 15.0 Å². The zero-order valence-electron chi connectivity index (χ0n) is 9.77. The van der Waals surface area contributed by atoms with Crippen LogP contribution in [0.25, 0.3) is 0 Å². The average molecular weight is 244 g/mol. The van der Waals surface area contributed by atoms with E-state index in [1.54, 1.807) is 43.5 Å². The monoisotopic (exact) mass is 244 g/mol. The summed E-state index contributed by atoms with van der Waals surface area (Å²) < 4.78 is 5.02. The standard InChI is InChI=1S/C13H12N2O3/c1-18-11-5-2-9(3-6-11)15-13(17)12-7-4-10(8-16)14-12/h2-8,14H,1H3,(H,15,17). The van der Waals surface area contributed by atoms with E-state index in [-0.39, 0.29) is 5.91 Å². The number of methoxy groups -OCH3 is 1. The molecule has 5 heteroatoms. The molecule has 92 valence electrons. The molecule has 1 aromatic carbocycles. The second-order valence-corrected chi connectivity index (χ2v) is 3.63. The smallest absolute Gasteiger partial charge is 0.272 e. The van der Waals surface area contributed by atoms with Crippen molar-refractivity contribution in [1.29, 1.82) is 0 Å². The third-order valence-electron chi connectivity index (χ3n) is 2.43. The number of carbonyl (C=O) groups is 2. The van der Waals surface area contributed by atoms with Crippen molar-refractivity contribution < 1.29 is 14.3 Å². The first kappa shape index (κ1) is 11.9. The Labute approximate surface area is 104 Å². The summed E-state index contributed by atoms with van der Waals surface area (Å²) in [6.07, 6.45) is 0.657. The summed E-state index contributed by atoms with van der Waals surface area (Å²) in [5, 5.41) is 2.71. The molecule has 0 spiro atoms. The second kappa shape index (κ2) is 5.18. The van der Waals surface area contributed by atoms with Crippen molar-refractivity contribution in [2.75, 3.05) is 12.4 Å². The molecule has 0 bridgehead atoms. The minimum atomic E-state index is -0.298. The molecule has 0 unspecified atom stereocenters. The molecule has 0 radical (unpaired) electrons. The predicted octanol–water partition coefficient (Wildman–Crippen LogP) is 2.09. The number of hydrogen-bond acceptors (Lipinski definition) is 3. The topological polar surface area (TPSA) is 71.2 Å². The summed E-state index contributed by atoms with van der Waals surface area (Å²) in [5.41, 5.74) is 1.37. The van der Waals surface area contributed by atoms with Crippen LogP contribution in [0, 0.1) is 0 Å². The van der Waals surface area contributed by atoms with Crippen molar-refractivity contribution >= 4 is 17.9 Å². The minimum absolute atomic E-state index is 0.298. The van der Waals surface area contributed by atoms with E-state index < -0.39 is 0 Å². The highest BCUT2D eigenvalue weighted by Crippen LogP contribution is 2.15. The van der Waals surface area contributed by atoms with Gasteiger partial charge in [-0.05, 0) is 36.4 Å². The molecule has 0 saturated carbocycles. The molecule has 0 atom stereocenters. The number of anilines is 1. The van der Waals surface area contributed by atoms with E-state index in [1.165, 1.54) is 0 Å². The molecular formula is C13H12N2O3. The molecule has 0 aliphatic rings. The summed E-state index contributed by atoms with van der Waals surface area (Å²) >= 11 is 0.